The molecule has 0 saturated heterocycles. The molecule has 198 valence electrons. The molecule has 1 atom stereocenters. The summed E-state index contributed by atoms with van der Waals surface area (Å²) in [6, 6.07) is 25.0. The van der Waals surface area contributed by atoms with Crippen LogP contribution in [0.1, 0.15) is 34.9 Å². The highest BCUT2D eigenvalue weighted by Gasteiger charge is 2.32. The summed E-state index contributed by atoms with van der Waals surface area (Å²) in [6.07, 6.45) is 3.52. The average Bonchev–Trinajstić information content (AvgIpc) is 3.56. The molecule has 1 aliphatic carbocycles. The molecule has 0 fully saturated rings. The summed E-state index contributed by atoms with van der Waals surface area (Å²) in [5.41, 5.74) is 6.19. The van der Waals surface area contributed by atoms with Crippen LogP contribution in [0.2, 0.25) is 10.0 Å². The Labute approximate surface area is 243 Å². The third kappa shape index (κ3) is 4.24. The molecular weight excluding hydrogens is 563 g/mol. The van der Waals surface area contributed by atoms with Gasteiger partial charge < -0.3 is 9.15 Å². The number of furan rings is 1. The Balaban J connectivity index is 1.39. The Bertz CT molecular complexity index is 2000. The van der Waals surface area contributed by atoms with Crippen LogP contribution in [0.4, 0.5) is 0 Å². The number of benzene rings is 3. The Hall–Kier alpha value is -3.84. The van der Waals surface area contributed by atoms with Crippen LogP contribution in [0.15, 0.2) is 98.6 Å². The van der Waals surface area contributed by atoms with Crippen molar-refractivity contribution in [3.8, 4) is 17.1 Å². The summed E-state index contributed by atoms with van der Waals surface area (Å²) >= 11 is 13.8. The minimum Gasteiger partial charge on any atom is -0.497 e. The summed E-state index contributed by atoms with van der Waals surface area (Å²) in [4.78, 5) is 19.7. The van der Waals surface area contributed by atoms with Crippen LogP contribution >= 0.6 is 34.5 Å². The van der Waals surface area contributed by atoms with Crippen molar-refractivity contribution in [3.05, 3.63) is 137 Å². The molecule has 40 heavy (non-hydrogen) atoms. The first-order valence-electron chi connectivity index (χ1n) is 12.8. The van der Waals surface area contributed by atoms with Crippen molar-refractivity contribution in [1.29, 1.82) is 0 Å². The molecule has 0 saturated carbocycles. The van der Waals surface area contributed by atoms with E-state index in [1.54, 1.807) is 25.3 Å². The summed E-state index contributed by atoms with van der Waals surface area (Å²) in [7, 11) is 1.65. The molecule has 0 radical (unpaired) electrons. The number of rotatable bonds is 4. The fourth-order valence-corrected chi connectivity index (χ4v) is 6.98. The van der Waals surface area contributed by atoms with Gasteiger partial charge in [-0.2, -0.15) is 0 Å². The quantitative estimate of drug-likeness (QED) is 0.231. The number of ether oxygens (including phenoxy) is 1. The van der Waals surface area contributed by atoms with E-state index in [2.05, 4.69) is 18.2 Å². The summed E-state index contributed by atoms with van der Waals surface area (Å²) < 4.78 is 13.8. The molecule has 3 aromatic carbocycles. The predicted octanol–water partition coefficient (Wildman–Crippen LogP) is 6.89. The number of halogens is 2. The van der Waals surface area contributed by atoms with Gasteiger partial charge >= 0.3 is 0 Å². The first-order chi connectivity index (χ1) is 19.5. The third-order valence-corrected chi connectivity index (χ3v) is 8.93. The highest BCUT2D eigenvalue weighted by atomic mass is 35.5. The van der Waals surface area contributed by atoms with Gasteiger partial charge in [0.05, 0.1) is 28.4 Å². The normalized spacial score (nSPS) is 16.3. The van der Waals surface area contributed by atoms with Crippen LogP contribution in [0.5, 0.6) is 5.75 Å². The Morgan fingerprint density at radius 3 is 2.62 bits per heavy atom. The van der Waals surface area contributed by atoms with Gasteiger partial charge in [-0.15, -0.1) is 0 Å². The van der Waals surface area contributed by atoms with Crippen molar-refractivity contribution in [1.82, 2.24) is 4.57 Å². The number of hydrogen-bond acceptors (Lipinski definition) is 5. The number of fused-ring (bicyclic) bond motifs is 3. The third-order valence-electron chi connectivity index (χ3n) is 7.40. The second kappa shape index (κ2) is 9.97. The van der Waals surface area contributed by atoms with Crippen LogP contribution < -0.4 is 19.6 Å². The van der Waals surface area contributed by atoms with Gasteiger partial charge in [0.25, 0.3) is 5.56 Å². The zero-order chi connectivity index (χ0) is 27.4. The van der Waals surface area contributed by atoms with E-state index in [-0.39, 0.29) is 11.6 Å². The van der Waals surface area contributed by atoms with Crippen LogP contribution in [0.25, 0.3) is 23.1 Å². The van der Waals surface area contributed by atoms with Crippen molar-refractivity contribution in [2.75, 3.05) is 7.11 Å². The Kier molecular flexibility index (Phi) is 6.27. The molecule has 0 spiro atoms. The van der Waals surface area contributed by atoms with Gasteiger partial charge in [0.2, 0.25) is 0 Å². The van der Waals surface area contributed by atoms with E-state index in [0.29, 0.717) is 30.9 Å². The molecule has 5 nitrogen and oxygen atoms in total. The molecule has 0 amide bonds. The molecule has 0 unspecified atom stereocenters. The fourth-order valence-electron chi connectivity index (χ4n) is 5.50. The largest absolute Gasteiger partial charge is 0.497 e. The lowest BCUT2D eigenvalue weighted by atomic mass is 9.83. The summed E-state index contributed by atoms with van der Waals surface area (Å²) in [5.74, 6) is 1.93. The average molecular weight is 586 g/mol. The SMILES string of the molecule is COc1ccc([C@H]2C3=C(N=c4s/c(=C/c5ccc(-c6ccc(Cl)cc6Cl)o5)c(=O)n42)c2ccccc2CC3)cc1. The van der Waals surface area contributed by atoms with Crippen molar-refractivity contribution in [2.24, 2.45) is 4.99 Å². The van der Waals surface area contributed by atoms with E-state index in [1.165, 1.54) is 16.9 Å². The second-order valence-electron chi connectivity index (χ2n) is 9.71. The van der Waals surface area contributed by atoms with E-state index in [1.807, 2.05) is 53.1 Å². The van der Waals surface area contributed by atoms with Crippen molar-refractivity contribution >= 4 is 46.3 Å². The van der Waals surface area contributed by atoms with Crippen LogP contribution in [0.3, 0.4) is 0 Å². The lowest BCUT2D eigenvalue weighted by molar-refractivity contribution is 0.414. The summed E-state index contributed by atoms with van der Waals surface area (Å²) in [5, 5.41) is 1.05. The van der Waals surface area contributed by atoms with Gasteiger partial charge in [0.1, 0.15) is 17.3 Å². The van der Waals surface area contributed by atoms with Crippen molar-refractivity contribution in [2.45, 2.75) is 18.9 Å². The van der Waals surface area contributed by atoms with Gasteiger partial charge in [-0.1, -0.05) is 70.9 Å². The van der Waals surface area contributed by atoms with Gasteiger partial charge in [-0.25, -0.2) is 4.99 Å². The number of hydrogen-bond donors (Lipinski definition) is 0. The molecule has 0 N–H and O–H groups in total. The predicted molar refractivity (Wildman–Crippen MR) is 160 cm³/mol. The number of thiazole rings is 1. The summed E-state index contributed by atoms with van der Waals surface area (Å²) in [6.45, 7) is 0. The number of aryl methyl sites for hydroxylation is 1. The molecule has 8 heteroatoms. The number of allylic oxidation sites excluding steroid dienone is 1. The van der Waals surface area contributed by atoms with Crippen molar-refractivity contribution in [3.63, 3.8) is 0 Å². The maximum atomic E-state index is 14.0. The van der Waals surface area contributed by atoms with E-state index in [4.69, 9.17) is 37.3 Å². The zero-order valence-electron chi connectivity index (χ0n) is 21.4. The maximum absolute atomic E-state index is 14.0. The van der Waals surface area contributed by atoms with Gasteiger partial charge in [-0.3, -0.25) is 9.36 Å². The molecule has 7 rings (SSSR count). The number of aromatic nitrogens is 1. The molecule has 0 bridgehead atoms. The van der Waals surface area contributed by atoms with E-state index in [0.717, 1.165) is 46.6 Å². The smallest absolute Gasteiger partial charge is 0.271 e. The van der Waals surface area contributed by atoms with E-state index < -0.39 is 0 Å². The molecule has 1 aliphatic heterocycles. The Morgan fingerprint density at radius 2 is 1.82 bits per heavy atom. The van der Waals surface area contributed by atoms with Gasteiger partial charge in [0, 0.05) is 22.2 Å². The zero-order valence-corrected chi connectivity index (χ0v) is 23.7. The molecule has 2 aliphatic rings. The first kappa shape index (κ1) is 25.1. The topological polar surface area (TPSA) is 56.7 Å². The minimum absolute atomic E-state index is 0.0996. The maximum Gasteiger partial charge on any atom is 0.271 e. The van der Waals surface area contributed by atoms with Crippen LogP contribution in [0, 0.1) is 0 Å². The highest BCUT2D eigenvalue weighted by Crippen LogP contribution is 2.41. The minimum atomic E-state index is -0.257. The Morgan fingerprint density at radius 1 is 1.00 bits per heavy atom. The molecular formula is C32H22Cl2N2O3S. The van der Waals surface area contributed by atoms with E-state index >= 15 is 0 Å². The lowest BCUT2D eigenvalue weighted by Gasteiger charge is -2.30. The van der Waals surface area contributed by atoms with Gasteiger partial charge in [-0.05, 0) is 72.0 Å². The van der Waals surface area contributed by atoms with Crippen LogP contribution in [-0.2, 0) is 6.42 Å². The molecule has 2 aromatic heterocycles. The first-order valence-corrected chi connectivity index (χ1v) is 14.4. The van der Waals surface area contributed by atoms with E-state index in [9.17, 15) is 4.79 Å². The fraction of sp³-hybridized carbons (Fsp3) is 0.125. The standard InChI is InChI=1S/C32H22Cl2N2O3S/c1-38-21-10-6-19(7-11-21)30-25-13-8-18-4-2-3-5-23(18)29(25)35-32-36(30)31(37)28(40-32)17-22-12-15-27(39-22)24-14-9-20(33)16-26(24)34/h2-7,9-12,14-17,30H,8,13H2,1H3/b28-17+/t30-/m0/s1. The van der Waals surface area contributed by atoms with Crippen molar-refractivity contribution < 1.29 is 9.15 Å². The second-order valence-corrected chi connectivity index (χ2v) is 11.6. The lowest BCUT2D eigenvalue weighted by Crippen LogP contribution is -2.38. The number of nitrogens with zero attached hydrogens (tertiary/aromatic N) is 2. The number of methoxy groups -OCH3 is 1. The monoisotopic (exact) mass is 584 g/mol. The van der Waals surface area contributed by atoms with Crippen LogP contribution in [-0.4, -0.2) is 11.7 Å². The molecule has 3 heterocycles. The highest BCUT2D eigenvalue weighted by molar-refractivity contribution is 7.07. The van der Waals surface area contributed by atoms with Gasteiger partial charge in [0.15, 0.2) is 4.80 Å². The molecule has 5 aromatic rings.